The number of hydrogen-bond donors (Lipinski definition) is 4. The summed E-state index contributed by atoms with van der Waals surface area (Å²) in [6.07, 6.45) is 1.52. The molecule has 0 radical (unpaired) electrons. The third kappa shape index (κ3) is 9.74. The van der Waals surface area contributed by atoms with Crippen molar-refractivity contribution in [3.05, 3.63) is 108 Å². The molecule has 3 aromatic rings. The predicted octanol–water partition coefficient (Wildman–Crippen LogP) is 4.02. The quantitative estimate of drug-likeness (QED) is 0.195. The number of aliphatic hydroxyl groups is 1. The number of aliphatic hydroxyl groups excluding tert-OH is 1. The third-order valence-electron chi connectivity index (χ3n) is 8.47. The Hall–Kier alpha value is -4.01. The molecule has 1 heterocycles. The van der Waals surface area contributed by atoms with Crippen LogP contribution in [0.25, 0.3) is 0 Å². The summed E-state index contributed by atoms with van der Waals surface area (Å²) in [7, 11) is 0. The zero-order chi connectivity index (χ0) is 32.2. The van der Waals surface area contributed by atoms with Crippen LogP contribution < -0.4 is 16.0 Å². The second kappa shape index (κ2) is 16.3. The van der Waals surface area contributed by atoms with E-state index in [4.69, 9.17) is 0 Å². The van der Waals surface area contributed by atoms with Crippen molar-refractivity contribution < 1.29 is 19.5 Å². The van der Waals surface area contributed by atoms with Gasteiger partial charge in [-0.2, -0.15) is 0 Å². The number of benzene rings is 3. The lowest BCUT2D eigenvalue weighted by Gasteiger charge is -2.34. The van der Waals surface area contributed by atoms with E-state index in [0.29, 0.717) is 45.2 Å². The average molecular weight is 613 g/mol. The molecule has 1 unspecified atom stereocenters. The van der Waals surface area contributed by atoms with Gasteiger partial charge < -0.3 is 26.0 Å². The van der Waals surface area contributed by atoms with Gasteiger partial charge in [-0.3, -0.25) is 14.4 Å². The van der Waals surface area contributed by atoms with Crippen LogP contribution in [0.4, 0.5) is 0 Å². The summed E-state index contributed by atoms with van der Waals surface area (Å²) < 4.78 is 0. The summed E-state index contributed by atoms with van der Waals surface area (Å²) >= 11 is 0. The van der Waals surface area contributed by atoms with E-state index in [1.54, 1.807) is 4.90 Å². The van der Waals surface area contributed by atoms with E-state index in [1.807, 2.05) is 105 Å². The number of nitrogens with one attached hydrogen (secondary N) is 3. The lowest BCUT2D eigenvalue weighted by atomic mass is 9.87. The lowest BCUT2D eigenvalue weighted by molar-refractivity contribution is -0.143. The predicted molar refractivity (Wildman–Crippen MR) is 177 cm³/mol. The van der Waals surface area contributed by atoms with Crippen molar-refractivity contribution in [2.75, 3.05) is 13.1 Å². The topological polar surface area (TPSA) is 111 Å². The molecular weight excluding hydrogens is 564 g/mol. The van der Waals surface area contributed by atoms with Gasteiger partial charge in [-0.05, 0) is 54.7 Å². The Morgan fingerprint density at radius 3 is 2.04 bits per heavy atom. The van der Waals surface area contributed by atoms with Gasteiger partial charge in [0.1, 0.15) is 11.6 Å². The maximum Gasteiger partial charge on any atom is 0.249 e. The van der Waals surface area contributed by atoms with Crippen LogP contribution in [-0.2, 0) is 33.8 Å². The van der Waals surface area contributed by atoms with Crippen LogP contribution in [0.15, 0.2) is 91.0 Å². The fourth-order valence-electron chi connectivity index (χ4n) is 6.39. The molecule has 1 saturated heterocycles. The van der Waals surface area contributed by atoms with Crippen molar-refractivity contribution in [2.45, 2.75) is 83.1 Å². The molecule has 1 fully saturated rings. The van der Waals surface area contributed by atoms with Gasteiger partial charge in [0.2, 0.25) is 17.7 Å². The SMILES string of the molecule is CC(=O)N[C@@]1(CC(C)C)CCN(C(CCc2ccccc2)C(=O)N[C@@H](Cc2ccccc2)[C@H](O)CNCc2ccccc2)C1=O. The van der Waals surface area contributed by atoms with Crippen LogP contribution in [0.1, 0.15) is 56.7 Å². The lowest BCUT2D eigenvalue weighted by Crippen LogP contribution is -2.59. The van der Waals surface area contributed by atoms with E-state index in [-0.39, 0.29) is 30.2 Å². The van der Waals surface area contributed by atoms with Gasteiger partial charge in [0.05, 0.1) is 12.1 Å². The van der Waals surface area contributed by atoms with Gasteiger partial charge in [-0.1, -0.05) is 105 Å². The van der Waals surface area contributed by atoms with Crippen LogP contribution in [0.2, 0.25) is 0 Å². The molecule has 8 heteroatoms. The highest BCUT2D eigenvalue weighted by Crippen LogP contribution is 2.32. The molecule has 0 aliphatic carbocycles. The zero-order valence-electron chi connectivity index (χ0n) is 26.7. The minimum atomic E-state index is -1.03. The van der Waals surface area contributed by atoms with Gasteiger partial charge in [-0.15, -0.1) is 0 Å². The number of amides is 3. The molecule has 0 aromatic heterocycles. The summed E-state index contributed by atoms with van der Waals surface area (Å²) in [5.74, 6) is -0.605. The highest BCUT2D eigenvalue weighted by atomic mass is 16.3. The molecule has 0 bridgehead atoms. The first-order valence-electron chi connectivity index (χ1n) is 16.1. The molecule has 4 N–H and O–H groups in total. The van der Waals surface area contributed by atoms with Crippen molar-refractivity contribution in [1.29, 1.82) is 0 Å². The van der Waals surface area contributed by atoms with Crippen LogP contribution >= 0.6 is 0 Å². The first-order chi connectivity index (χ1) is 21.7. The van der Waals surface area contributed by atoms with Crippen LogP contribution in [0.5, 0.6) is 0 Å². The second-order valence-corrected chi connectivity index (χ2v) is 12.6. The Morgan fingerprint density at radius 1 is 0.889 bits per heavy atom. The zero-order valence-corrected chi connectivity index (χ0v) is 26.7. The monoisotopic (exact) mass is 612 g/mol. The Balaban J connectivity index is 1.56. The Bertz CT molecular complexity index is 1370. The highest BCUT2D eigenvalue weighted by molar-refractivity contribution is 5.96. The Labute approximate surface area is 267 Å². The summed E-state index contributed by atoms with van der Waals surface area (Å²) in [6, 6.07) is 28.3. The summed E-state index contributed by atoms with van der Waals surface area (Å²) in [5.41, 5.74) is 2.13. The maximum absolute atomic E-state index is 14.2. The van der Waals surface area contributed by atoms with Crippen molar-refractivity contribution in [1.82, 2.24) is 20.9 Å². The van der Waals surface area contributed by atoms with E-state index in [0.717, 1.165) is 16.7 Å². The van der Waals surface area contributed by atoms with Crippen LogP contribution in [-0.4, -0.2) is 64.5 Å². The normalized spacial score (nSPS) is 18.4. The number of carbonyl (C=O) groups excluding carboxylic acids is 3. The minimum absolute atomic E-state index is 0.172. The van der Waals surface area contributed by atoms with E-state index in [9.17, 15) is 19.5 Å². The molecule has 4 rings (SSSR count). The van der Waals surface area contributed by atoms with Crippen LogP contribution in [0.3, 0.4) is 0 Å². The second-order valence-electron chi connectivity index (χ2n) is 12.6. The maximum atomic E-state index is 14.2. The Kier molecular flexibility index (Phi) is 12.3. The molecule has 1 aliphatic heterocycles. The van der Waals surface area contributed by atoms with Crippen molar-refractivity contribution in [2.24, 2.45) is 5.92 Å². The summed E-state index contributed by atoms with van der Waals surface area (Å²) in [5, 5.41) is 20.8. The molecule has 0 spiro atoms. The van der Waals surface area contributed by atoms with Gasteiger partial charge >= 0.3 is 0 Å². The highest BCUT2D eigenvalue weighted by Gasteiger charge is 2.50. The molecular formula is C37H48N4O4. The standard InChI is InChI=1S/C37H48N4O4/c1-27(2)24-37(40-28(3)42)21-22-41(36(37)45)33(20-19-29-13-7-4-8-14-29)35(44)39-32(23-30-15-9-5-10-16-30)34(43)26-38-25-31-17-11-6-12-18-31/h4-18,27,32-34,38,43H,19-26H2,1-3H3,(H,39,44)(H,40,42)/t32-,33?,34+,37+/m0/s1. The van der Waals surface area contributed by atoms with Gasteiger partial charge in [0.25, 0.3) is 0 Å². The number of hydrogen-bond acceptors (Lipinski definition) is 5. The van der Waals surface area contributed by atoms with Crippen molar-refractivity contribution in [3.63, 3.8) is 0 Å². The van der Waals surface area contributed by atoms with Gasteiger partial charge in [-0.25, -0.2) is 0 Å². The van der Waals surface area contributed by atoms with Crippen LogP contribution in [0, 0.1) is 5.92 Å². The molecule has 45 heavy (non-hydrogen) atoms. The first-order valence-corrected chi connectivity index (χ1v) is 16.1. The molecule has 3 amide bonds. The van der Waals surface area contributed by atoms with E-state index >= 15 is 0 Å². The largest absolute Gasteiger partial charge is 0.390 e. The summed E-state index contributed by atoms with van der Waals surface area (Å²) in [4.78, 5) is 42.2. The number of nitrogens with zero attached hydrogens (tertiary/aromatic N) is 1. The van der Waals surface area contributed by atoms with Gasteiger partial charge in [0, 0.05) is 26.6 Å². The molecule has 0 saturated carbocycles. The van der Waals surface area contributed by atoms with Crippen molar-refractivity contribution in [3.8, 4) is 0 Å². The number of likely N-dealkylation sites (tertiary alicyclic amines) is 1. The first kappa shape index (κ1) is 33.9. The fraction of sp³-hybridized carbons (Fsp3) is 0.432. The van der Waals surface area contributed by atoms with Gasteiger partial charge in [0.15, 0.2) is 0 Å². The van der Waals surface area contributed by atoms with E-state index in [2.05, 4.69) is 16.0 Å². The van der Waals surface area contributed by atoms with E-state index in [1.165, 1.54) is 6.92 Å². The molecule has 8 nitrogen and oxygen atoms in total. The third-order valence-corrected chi connectivity index (χ3v) is 8.47. The number of carbonyl (C=O) groups is 3. The number of rotatable bonds is 16. The van der Waals surface area contributed by atoms with E-state index < -0.39 is 23.7 Å². The van der Waals surface area contributed by atoms with Crippen molar-refractivity contribution >= 4 is 17.7 Å². The number of aryl methyl sites for hydroxylation is 1. The molecule has 240 valence electrons. The molecule has 1 aliphatic rings. The smallest absolute Gasteiger partial charge is 0.249 e. The Morgan fingerprint density at radius 2 is 1.47 bits per heavy atom. The average Bonchev–Trinajstić information content (AvgIpc) is 3.31. The minimum Gasteiger partial charge on any atom is -0.390 e. The molecule has 3 aromatic carbocycles. The fourth-order valence-corrected chi connectivity index (χ4v) is 6.39. The summed E-state index contributed by atoms with van der Waals surface area (Å²) in [6.45, 7) is 6.72. The molecule has 4 atom stereocenters.